The van der Waals surface area contributed by atoms with Crippen molar-refractivity contribution in [1.82, 2.24) is 33.6 Å². The molecule has 0 aromatic carbocycles. The summed E-state index contributed by atoms with van der Waals surface area (Å²) in [6, 6.07) is 4.02. The Labute approximate surface area is 191 Å². The maximum absolute atomic E-state index is 4.84. The maximum Gasteiger partial charge on any atom is 0.230 e. The molecule has 0 aliphatic carbocycles. The van der Waals surface area contributed by atoms with Gasteiger partial charge in [0.2, 0.25) is 5.95 Å². The Hall–Kier alpha value is -2.98. The minimum absolute atomic E-state index is 0.573. The van der Waals surface area contributed by atoms with Crippen LogP contribution in [0.15, 0.2) is 30.7 Å². The molecular formula is C22H29N9S. The molecule has 0 spiro atoms. The third-order valence-electron chi connectivity index (χ3n) is 5.76. The van der Waals surface area contributed by atoms with Crippen molar-refractivity contribution in [3.63, 3.8) is 0 Å². The van der Waals surface area contributed by atoms with E-state index in [-0.39, 0.29) is 0 Å². The van der Waals surface area contributed by atoms with Gasteiger partial charge < -0.3 is 20.1 Å². The Kier molecular flexibility index (Phi) is 6.04. The summed E-state index contributed by atoms with van der Waals surface area (Å²) in [4.78, 5) is 12.2. The minimum atomic E-state index is 0.573. The van der Waals surface area contributed by atoms with Crippen molar-refractivity contribution in [3.05, 3.63) is 36.4 Å². The van der Waals surface area contributed by atoms with E-state index in [0.29, 0.717) is 5.95 Å². The van der Waals surface area contributed by atoms with Crippen molar-refractivity contribution in [2.45, 2.75) is 32.6 Å². The van der Waals surface area contributed by atoms with E-state index in [1.54, 1.807) is 4.68 Å². The Balaban J connectivity index is 1.40. The number of aromatic nitrogens is 6. The second kappa shape index (κ2) is 9.25. The molecule has 10 heteroatoms. The first-order valence-electron chi connectivity index (χ1n) is 11.2. The fourth-order valence-electron chi connectivity index (χ4n) is 4.20. The van der Waals surface area contributed by atoms with Crippen LogP contribution in [0.5, 0.6) is 0 Å². The number of anilines is 3. The monoisotopic (exact) mass is 451 g/mol. The van der Waals surface area contributed by atoms with Crippen LogP contribution in [-0.2, 0) is 7.05 Å². The van der Waals surface area contributed by atoms with Crippen LogP contribution in [0.4, 0.5) is 16.8 Å². The molecule has 0 saturated carbocycles. The van der Waals surface area contributed by atoms with Crippen molar-refractivity contribution in [1.29, 1.82) is 0 Å². The van der Waals surface area contributed by atoms with E-state index in [1.165, 1.54) is 43.9 Å². The number of nitrogens with zero attached hydrogens (tertiary/aromatic N) is 7. The third kappa shape index (κ3) is 4.61. The molecule has 4 aromatic rings. The molecular weight excluding hydrogens is 422 g/mol. The summed E-state index contributed by atoms with van der Waals surface area (Å²) in [7, 11) is 1.92. The molecule has 5 rings (SSSR count). The molecule has 4 aromatic heterocycles. The van der Waals surface area contributed by atoms with Gasteiger partial charge in [-0.15, -0.1) is 0 Å². The molecule has 0 unspecified atom stereocenters. The number of rotatable bonds is 8. The second-order valence-corrected chi connectivity index (χ2v) is 9.13. The van der Waals surface area contributed by atoms with E-state index in [1.807, 2.05) is 44.7 Å². The maximum atomic E-state index is 4.84. The van der Waals surface area contributed by atoms with Gasteiger partial charge in [0.15, 0.2) is 5.82 Å². The summed E-state index contributed by atoms with van der Waals surface area (Å²) in [6.45, 7) is 6.42. The molecule has 1 aliphatic rings. The normalized spacial score (nSPS) is 14.8. The van der Waals surface area contributed by atoms with Gasteiger partial charge in [0.25, 0.3) is 0 Å². The summed E-state index contributed by atoms with van der Waals surface area (Å²) in [5.41, 5.74) is 3.81. The lowest BCUT2D eigenvalue weighted by atomic mass is 10.1. The van der Waals surface area contributed by atoms with Crippen LogP contribution in [0.3, 0.4) is 0 Å². The third-order valence-corrected chi connectivity index (χ3v) is 6.55. The largest absolute Gasteiger partial charge is 0.368 e. The first kappa shape index (κ1) is 20.9. The number of aryl methyl sites for hydroxylation is 2. The zero-order valence-electron chi connectivity index (χ0n) is 18.6. The summed E-state index contributed by atoms with van der Waals surface area (Å²) >= 11 is 1.41. The number of hydrogen-bond donors (Lipinski definition) is 2. The van der Waals surface area contributed by atoms with Crippen LogP contribution in [0.2, 0.25) is 0 Å². The van der Waals surface area contributed by atoms with Gasteiger partial charge in [-0.2, -0.15) is 14.5 Å². The Morgan fingerprint density at radius 1 is 1.16 bits per heavy atom. The number of fused-ring (bicyclic) bond motifs is 1. The zero-order valence-corrected chi connectivity index (χ0v) is 19.4. The molecule has 168 valence electrons. The summed E-state index contributed by atoms with van der Waals surface area (Å²) in [5, 5.41) is 12.2. The highest BCUT2D eigenvalue weighted by Gasteiger charge is 2.15. The molecule has 0 bridgehead atoms. The van der Waals surface area contributed by atoms with Crippen molar-refractivity contribution in [3.8, 4) is 5.69 Å². The summed E-state index contributed by atoms with van der Waals surface area (Å²) < 4.78 is 8.23. The van der Waals surface area contributed by atoms with E-state index < -0.39 is 0 Å². The lowest BCUT2D eigenvalue weighted by molar-refractivity contribution is 0.228. The number of piperidine rings is 1. The van der Waals surface area contributed by atoms with Gasteiger partial charge in [0.05, 0.1) is 23.1 Å². The highest BCUT2D eigenvalue weighted by Crippen LogP contribution is 2.28. The lowest BCUT2D eigenvalue weighted by Crippen LogP contribution is -2.31. The topological polar surface area (TPSA) is 88.7 Å². The quantitative estimate of drug-likeness (QED) is 0.392. The van der Waals surface area contributed by atoms with E-state index in [2.05, 4.69) is 29.6 Å². The van der Waals surface area contributed by atoms with Crippen LogP contribution < -0.4 is 10.6 Å². The Bertz CT molecular complexity index is 1190. The first-order chi connectivity index (χ1) is 15.7. The van der Waals surface area contributed by atoms with Gasteiger partial charge in [-0.05, 0) is 69.5 Å². The van der Waals surface area contributed by atoms with Crippen LogP contribution in [0.1, 0.15) is 31.4 Å². The van der Waals surface area contributed by atoms with E-state index in [4.69, 9.17) is 9.97 Å². The van der Waals surface area contributed by atoms with E-state index >= 15 is 0 Å². The average molecular weight is 452 g/mol. The highest BCUT2D eigenvalue weighted by atomic mass is 32.1. The van der Waals surface area contributed by atoms with Gasteiger partial charge in [-0.3, -0.25) is 4.68 Å². The fraction of sp³-hybridized carbons (Fsp3) is 0.455. The first-order valence-corrected chi connectivity index (χ1v) is 12.0. The van der Waals surface area contributed by atoms with Gasteiger partial charge >= 0.3 is 0 Å². The van der Waals surface area contributed by atoms with Gasteiger partial charge in [0.1, 0.15) is 10.5 Å². The molecule has 0 amide bonds. The molecule has 5 heterocycles. The Morgan fingerprint density at radius 3 is 2.78 bits per heavy atom. The summed E-state index contributed by atoms with van der Waals surface area (Å²) in [6.07, 6.45) is 11.0. The van der Waals surface area contributed by atoms with Gasteiger partial charge in [-0.25, -0.2) is 4.98 Å². The van der Waals surface area contributed by atoms with E-state index in [0.717, 1.165) is 52.7 Å². The van der Waals surface area contributed by atoms with Crippen molar-refractivity contribution >= 4 is 39.3 Å². The predicted octanol–water partition coefficient (Wildman–Crippen LogP) is 3.95. The SMILES string of the molecule is Cc1cc(Nc2nc(NCCCN3CCCCC3)c3c(ccn3-c3cnn(C)c3)n2)sn1. The van der Waals surface area contributed by atoms with Crippen molar-refractivity contribution in [2.24, 2.45) is 7.05 Å². The van der Waals surface area contributed by atoms with Crippen LogP contribution in [0, 0.1) is 6.92 Å². The average Bonchev–Trinajstić information content (AvgIpc) is 3.52. The second-order valence-electron chi connectivity index (χ2n) is 8.33. The number of hydrogen-bond acceptors (Lipinski definition) is 8. The molecule has 2 N–H and O–H groups in total. The standard InChI is InChI=1S/C22H29N9S/c1-16-13-19(32-28-16)26-22-25-18-7-12-31(17-14-24-29(2)15-17)20(18)21(27-22)23-8-6-11-30-9-4-3-5-10-30/h7,12-15H,3-6,8-11H2,1-2H3,(H2,23,25,26,27). The van der Waals surface area contributed by atoms with Crippen LogP contribution >= 0.6 is 11.5 Å². The minimum Gasteiger partial charge on any atom is -0.368 e. The van der Waals surface area contributed by atoms with Gasteiger partial charge in [-0.1, -0.05) is 6.42 Å². The Morgan fingerprint density at radius 2 is 2.03 bits per heavy atom. The number of likely N-dealkylation sites (tertiary alicyclic amines) is 1. The van der Waals surface area contributed by atoms with E-state index in [9.17, 15) is 0 Å². The fourth-order valence-corrected chi connectivity index (χ4v) is 4.85. The summed E-state index contributed by atoms with van der Waals surface area (Å²) in [5.74, 6) is 1.40. The van der Waals surface area contributed by atoms with Gasteiger partial charge in [0, 0.05) is 26.0 Å². The lowest BCUT2D eigenvalue weighted by Gasteiger charge is -2.26. The molecule has 32 heavy (non-hydrogen) atoms. The number of nitrogens with one attached hydrogen (secondary N) is 2. The predicted molar refractivity (Wildman–Crippen MR) is 129 cm³/mol. The molecule has 0 atom stereocenters. The van der Waals surface area contributed by atoms with Crippen LogP contribution in [-0.4, -0.2) is 59.8 Å². The zero-order chi connectivity index (χ0) is 21.9. The van der Waals surface area contributed by atoms with Crippen molar-refractivity contribution < 1.29 is 0 Å². The molecule has 9 nitrogen and oxygen atoms in total. The smallest absolute Gasteiger partial charge is 0.230 e. The molecule has 1 aliphatic heterocycles. The van der Waals surface area contributed by atoms with Crippen LogP contribution in [0.25, 0.3) is 16.7 Å². The molecule has 0 radical (unpaired) electrons. The highest BCUT2D eigenvalue weighted by molar-refractivity contribution is 7.10. The van der Waals surface area contributed by atoms with Crippen molar-refractivity contribution in [2.75, 3.05) is 36.8 Å². The molecule has 1 saturated heterocycles. The molecule has 1 fully saturated rings.